The standard InChI is InChI=1S/C46H33N5/c1-30-24-31(2)26-37(25-30)35-19-21-39-38-17-9-10-18-41(38)51(42(39)28-35)43-27-34(36-16-11-23-47-29-36)20-22-40(43)46-49-44(32-12-5-3-6-13-32)48-45(50-46)33-14-7-4-8-15-33/h3-29H,1-2H3. The molecule has 0 radical (unpaired) electrons. The highest BCUT2D eigenvalue weighted by atomic mass is 15.1. The molecular weight excluding hydrogens is 623 g/mol. The predicted octanol–water partition coefficient (Wildman–Crippen LogP) is 11.3. The highest BCUT2D eigenvalue weighted by Crippen LogP contribution is 2.39. The number of benzene rings is 6. The van der Waals surface area contributed by atoms with Crippen molar-refractivity contribution in [3.63, 3.8) is 0 Å². The second-order valence-corrected chi connectivity index (χ2v) is 13.0. The van der Waals surface area contributed by atoms with Crippen molar-refractivity contribution in [2.75, 3.05) is 0 Å². The summed E-state index contributed by atoms with van der Waals surface area (Å²) in [4.78, 5) is 19.8. The first-order valence-corrected chi connectivity index (χ1v) is 17.1. The topological polar surface area (TPSA) is 56.5 Å². The minimum Gasteiger partial charge on any atom is -0.308 e. The van der Waals surface area contributed by atoms with E-state index >= 15 is 0 Å². The van der Waals surface area contributed by atoms with Crippen molar-refractivity contribution >= 4 is 21.8 Å². The van der Waals surface area contributed by atoms with Gasteiger partial charge in [-0.1, -0.05) is 132 Å². The van der Waals surface area contributed by atoms with Gasteiger partial charge in [0.2, 0.25) is 0 Å². The first kappa shape index (κ1) is 30.3. The Labute approximate surface area is 296 Å². The molecule has 9 rings (SSSR count). The molecule has 0 N–H and O–H groups in total. The van der Waals surface area contributed by atoms with Gasteiger partial charge in [0, 0.05) is 45.4 Å². The molecule has 0 aliphatic rings. The van der Waals surface area contributed by atoms with E-state index in [-0.39, 0.29) is 0 Å². The maximum absolute atomic E-state index is 5.17. The largest absolute Gasteiger partial charge is 0.308 e. The lowest BCUT2D eigenvalue weighted by molar-refractivity contribution is 1.06. The fourth-order valence-electron chi connectivity index (χ4n) is 7.10. The summed E-state index contributed by atoms with van der Waals surface area (Å²) < 4.78 is 2.38. The predicted molar refractivity (Wildman–Crippen MR) is 209 cm³/mol. The summed E-state index contributed by atoms with van der Waals surface area (Å²) in [5, 5.41) is 2.37. The zero-order valence-electron chi connectivity index (χ0n) is 28.3. The minimum atomic E-state index is 0.604. The van der Waals surface area contributed by atoms with Crippen molar-refractivity contribution in [2.45, 2.75) is 13.8 Å². The van der Waals surface area contributed by atoms with E-state index in [0.717, 1.165) is 44.5 Å². The average molecular weight is 656 g/mol. The fraction of sp³-hybridized carbons (Fsp3) is 0.0435. The van der Waals surface area contributed by atoms with E-state index < -0.39 is 0 Å². The molecule has 242 valence electrons. The van der Waals surface area contributed by atoms with Crippen LogP contribution in [-0.4, -0.2) is 24.5 Å². The second-order valence-electron chi connectivity index (χ2n) is 13.0. The number of para-hydroxylation sites is 1. The van der Waals surface area contributed by atoms with Gasteiger partial charge in [-0.15, -0.1) is 0 Å². The van der Waals surface area contributed by atoms with Crippen LogP contribution in [0, 0.1) is 13.8 Å². The van der Waals surface area contributed by atoms with E-state index in [2.05, 4.69) is 108 Å². The van der Waals surface area contributed by atoms with Gasteiger partial charge in [-0.25, -0.2) is 15.0 Å². The molecule has 0 unspecified atom stereocenters. The number of nitrogens with zero attached hydrogens (tertiary/aromatic N) is 5. The van der Waals surface area contributed by atoms with Crippen LogP contribution in [0.1, 0.15) is 11.1 Å². The number of rotatable bonds is 6. The van der Waals surface area contributed by atoms with Crippen LogP contribution in [0.2, 0.25) is 0 Å². The van der Waals surface area contributed by atoms with E-state index in [9.17, 15) is 0 Å². The Balaban J connectivity index is 1.36. The molecule has 0 aliphatic carbocycles. The number of hydrogen-bond acceptors (Lipinski definition) is 4. The molecule has 0 saturated carbocycles. The summed E-state index contributed by atoms with van der Waals surface area (Å²) in [7, 11) is 0. The van der Waals surface area contributed by atoms with Crippen LogP contribution in [0.4, 0.5) is 0 Å². The maximum atomic E-state index is 5.17. The normalized spacial score (nSPS) is 11.3. The van der Waals surface area contributed by atoms with Gasteiger partial charge in [-0.05, 0) is 60.9 Å². The summed E-state index contributed by atoms with van der Waals surface area (Å²) in [6.45, 7) is 4.31. The van der Waals surface area contributed by atoms with Crippen LogP contribution in [-0.2, 0) is 0 Å². The molecule has 3 heterocycles. The summed E-state index contributed by atoms with van der Waals surface area (Å²) in [6.07, 6.45) is 3.72. The Morgan fingerprint density at radius 2 is 1.00 bits per heavy atom. The van der Waals surface area contributed by atoms with Crippen molar-refractivity contribution in [1.82, 2.24) is 24.5 Å². The lowest BCUT2D eigenvalue weighted by atomic mass is 9.99. The van der Waals surface area contributed by atoms with Gasteiger partial charge in [0.25, 0.3) is 0 Å². The number of aryl methyl sites for hydroxylation is 2. The van der Waals surface area contributed by atoms with Crippen LogP contribution in [0.25, 0.3) is 83.9 Å². The van der Waals surface area contributed by atoms with Gasteiger partial charge in [-0.2, -0.15) is 0 Å². The Morgan fingerprint density at radius 1 is 0.412 bits per heavy atom. The molecular formula is C46H33N5. The molecule has 0 amide bonds. The van der Waals surface area contributed by atoms with Crippen LogP contribution in [0.3, 0.4) is 0 Å². The Bertz CT molecular complexity index is 2620. The SMILES string of the molecule is Cc1cc(C)cc(-c2ccc3c4ccccc4n(-c4cc(-c5cccnc5)ccc4-c4nc(-c5ccccc5)nc(-c5ccccc5)n4)c3c2)c1. The third kappa shape index (κ3) is 5.65. The zero-order chi connectivity index (χ0) is 34.3. The molecule has 3 aromatic heterocycles. The molecule has 5 heteroatoms. The third-order valence-electron chi connectivity index (χ3n) is 9.40. The number of pyridine rings is 1. The van der Waals surface area contributed by atoms with Crippen molar-refractivity contribution in [2.24, 2.45) is 0 Å². The van der Waals surface area contributed by atoms with Gasteiger partial charge in [0.05, 0.1) is 16.7 Å². The van der Waals surface area contributed by atoms with E-state index in [4.69, 9.17) is 15.0 Å². The molecule has 51 heavy (non-hydrogen) atoms. The molecule has 5 nitrogen and oxygen atoms in total. The Hall–Kier alpha value is -6.72. The van der Waals surface area contributed by atoms with Gasteiger partial charge >= 0.3 is 0 Å². The molecule has 0 saturated heterocycles. The molecule has 0 aliphatic heterocycles. The average Bonchev–Trinajstić information content (AvgIpc) is 3.52. The molecule has 0 fully saturated rings. The number of hydrogen-bond donors (Lipinski definition) is 0. The quantitative estimate of drug-likeness (QED) is 0.179. The van der Waals surface area contributed by atoms with Crippen molar-refractivity contribution in [3.05, 3.63) is 175 Å². The second kappa shape index (κ2) is 12.6. The number of aromatic nitrogens is 5. The monoisotopic (exact) mass is 655 g/mol. The summed E-state index contributed by atoms with van der Waals surface area (Å²) in [5.74, 6) is 1.86. The van der Waals surface area contributed by atoms with Gasteiger partial charge in [-0.3, -0.25) is 4.98 Å². The zero-order valence-corrected chi connectivity index (χ0v) is 28.3. The number of fused-ring (bicyclic) bond motifs is 3. The third-order valence-corrected chi connectivity index (χ3v) is 9.40. The highest BCUT2D eigenvalue weighted by Gasteiger charge is 2.21. The molecule has 6 aromatic carbocycles. The first-order chi connectivity index (χ1) is 25.1. The van der Waals surface area contributed by atoms with Gasteiger partial charge in [0.15, 0.2) is 17.5 Å². The molecule has 9 aromatic rings. The lowest BCUT2D eigenvalue weighted by Gasteiger charge is -2.17. The summed E-state index contributed by atoms with van der Waals surface area (Å²) >= 11 is 0. The summed E-state index contributed by atoms with van der Waals surface area (Å²) in [6, 6.07) is 53.0. The summed E-state index contributed by atoms with van der Waals surface area (Å²) in [5.41, 5.74) is 12.9. The molecule has 0 bridgehead atoms. The van der Waals surface area contributed by atoms with Gasteiger partial charge in [0.1, 0.15) is 0 Å². The van der Waals surface area contributed by atoms with Crippen LogP contribution < -0.4 is 0 Å². The highest BCUT2D eigenvalue weighted by molar-refractivity contribution is 6.10. The first-order valence-electron chi connectivity index (χ1n) is 17.1. The Kier molecular flexibility index (Phi) is 7.51. The van der Waals surface area contributed by atoms with E-state index in [1.807, 2.05) is 72.9 Å². The van der Waals surface area contributed by atoms with E-state index in [1.165, 1.54) is 33.0 Å². The van der Waals surface area contributed by atoms with Gasteiger partial charge < -0.3 is 4.57 Å². The fourth-order valence-corrected chi connectivity index (χ4v) is 7.10. The van der Waals surface area contributed by atoms with Crippen LogP contribution in [0.5, 0.6) is 0 Å². The Morgan fingerprint density at radius 3 is 1.69 bits per heavy atom. The smallest absolute Gasteiger partial charge is 0.166 e. The lowest BCUT2D eigenvalue weighted by Crippen LogP contribution is -2.04. The van der Waals surface area contributed by atoms with Crippen molar-refractivity contribution < 1.29 is 0 Å². The maximum Gasteiger partial charge on any atom is 0.166 e. The van der Waals surface area contributed by atoms with E-state index in [0.29, 0.717) is 17.5 Å². The molecule has 0 spiro atoms. The minimum absolute atomic E-state index is 0.604. The molecule has 0 atom stereocenters. The van der Waals surface area contributed by atoms with Crippen molar-refractivity contribution in [1.29, 1.82) is 0 Å². The van der Waals surface area contributed by atoms with Crippen LogP contribution >= 0.6 is 0 Å². The van der Waals surface area contributed by atoms with Crippen LogP contribution in [0.15, 0.2) is 164 Å². The van der Waals surface area contributed by atoms with E-state index in [1.54, 1.807) is 6.20 Å². The van der Waals surface area contributed by atoms with Crippen molar-refractivity contribution in [3.8, 4) is 62.1 Å².